The second kappa shape index (κ2) is 6.86. The number of rotatable bonds is 5. The van der Waals surface area contributed by atoms with E-state index in [1.165, 1.54) is 6.20 Å². The highest BCUT2D eigenvalue weighted by atomic mass is 35.5. The second-order valence-corrected chi connectivity index (χ2v) is 4.54. The smallest absolute Gasteiger partial charge is 0.252 e. The van der Waals surface area contributed by atoms with Crippen LogP contribution in [-0.4, -0.2) is 29.5 Å². The number of hydrogen-bond donors (Lipinski definition) is 2. The summed E-state index contributed by atoms with van der Waals surface area (Å²) in [4.78, 5) is 20.2. The van der Waals surface area contributed by atoms with Gasteiger partial charge in [0.15, 0.2) is 0 Å². The summed E-state index contributed by atoms with van der Waals surface area (Å²) in [5, 5.41) is 6.08. The van der Waals surface area contributed by atoms with Crippen LogP contribution < -0.4 is 10.6 Å². The molecule has 0 saturated carbocycles. The minimum atomic E-state index is -0.196. The van der Waals surface area contributed by atoms with Crippen LogP contribution in [0.5, 0.6) is 0 Å². The van der Waals surface area contributed by atoms with Crippen LogP contribution in [0.2, 0.25) is 5.02 Å². The Labute approximate surface area is 122 Å². The van der Waals surface area contributed by atoms with Gasteiger partial charge in [-0.1, -0.05) is 17.7 Å². The minimum Gasteiger partial charge on any atom is -0.372 e. The number of nitrogens with zero attached hydrogens (tertiary/aromatic N) is 2. The largest absolute Gasteiger partial charge is 0.372 e. The first-order valence-corrected chi connectivity index (χ1v) is 6.60. The van der Waals surface area contributed by atoms with E-state index in [1.807, 2.05) is 18.2 Å². The van der Waals surface area contributed by atoms with Gasteiger partial charge in [0.2, 0.25) is 0 Å². The number of pyridine rings is 2. The van der Waals surface area contributed by atoms with E-state index in [2.05, 4.69) is 20.6 Å². The number of aromatic nitrogens is 2. The van der Waals surface area contributed by atoms with Crippen LogP contribution in [0.15, 0.2) is 36.7 Å². The molecule has 1 amide bonds. The highest BCUT2D eigenvalue weighted by Crippen LogP contribution is 2.19. The number of carbonyl (C=O) groups excluding carboxylic acids is 1. The van der Waals surface area contributed by atoms with Crippen molar-refractivity contribution < 1.29 is 4.79 Å². The van der Waals surface area contributed by atoms with E-state index < -0.39 is 0 Å². The number of halogens is 1. The van der Waals surface area contributed by atoms with Crippen molar-refractivity contribution in [3.05, 3.63) is 52.9 Å². The average molecular weight is 291 g/mol. The first-order chi connectivity index (χ1) is 9.70. The second-order valence-electron chi connectivity index (χ2n) is 4.13. The number of amides is 1. The molecule has 0 unspecified atom stereocenters. The predicted octanol–water partition coefficient (Wildman–Crippen LogP) is 2.14. The Hall–Kier alpha value is -2.14. The summed E-state index contributed by atoms with van der Waals surface area (Å²) >= 11 is 5.99. The lowest BCUT2D eigenvalue weighted by atomic mass is 10.2. The Kier molecular flexibility index (Phi) is 4.90. The van der Waals surface area contributed by atoms with Crippen molar-refractivity contribution in [3.63, 3.8) is 0 Å². The first-order valence-electron chi connectivity index (χ1n) is 6.22. The van der Waals surface area contributed by atoms with Gasteiger partial charge in [-0.15, -0.1) is 0 Å². The molecule has 0 aliphatic heterocycles. The van der Waals surface area contributed by atoms with E-state index in [-0.39, 0.29) is 5.91 Å². The first kappa shape index (κ1) is 14.3. The van der Waals surface area contributed by atoms with E-state index in [1.54, 1.807) is 19.3 Å². The van der Waals surface area contributed by atoms with Gasteiger partial charge in [0.05, 0.1) is 10.6 Å². The summed E-state index contributed by atoms with van der Waals surface area (Å²) in [5.74, 6) is 0.356. The van der Waals surface area contributed by atoms with Gasteiger partial charge in [-0.2, -0.15) is 0 Å². The standard InChI is InChI=1S/C14H15ClN4O/c1-16-13-12(15)8-10(9-19-13)14(20)18-7-5-11-4-2-3-6-17-11/h2-4,6,8-9H,5,7H2,1H3,(H,16,19)(H,18,20). The van der Waals surface area contributed by atoms with Gasteiger partial charge in [0, 0.05) is 38.1 Å². The molecule has 104 valence electrons. The van der Waals surface area contributed by atoms with Crippen LogP contribution in [0.25, 0.3) is 0 Å². The maximum atomic E-state index is 11.9. The lowest BCUT2D eigenvalue weighted by Crippen LogP contribution is -2.26. The van der Waals surface area contributed by atoms with Gasteiger partial charge < -0.3 is 10.6 Å². The van der Waals surface area contributed by atoms with Gasteiger partial charge in [-0.3, -0.25) is 9.78 Å². The Morgan fingerprint density at radius 3 is 2.85 bits per heavy atom. The third kappa shape index (κ3) is 3.68. The van der Waals surface area contributed by atoms with Gasteiger partial charge in [-0.25, -0.2) is 4.98 Å². The van der Waals surface area contributed by atoms with Gasteiger partial charge in [0.1, 0.15) is 5.82 Å². The SMILES string of the molecule is CNc1ncc(C(=O)NCCc2ccccn2)cc1Cl. The monoisotopic (exact) mass is 290 g/mol. The molecule has 0 fully saturated rings. The van der Waals surface area contributed by atoms with Crippen molar-refractivity contribution in [2.45, 2.75) is 6.42 Å². The molecule has 0 aliphatic carbocycles. The highest BCUT2D eigenvalue weighted by molar-refractivity contribution is 6.33. The van der Waals surface area contributed by atoms with E-state index in [0.717, 1.165) is 5.69 Å². The third-order valence-corrected chi connectivity index (χ3v) is 3.02. The molecule has 2 aromatic rings. The zero-order valence-corrected chi connectivity index (χ0v) is 11.8. The minimum absolute atomic E-state index is 0.196. The predicted molar refractivity (Wildman–Crippen MR) is 79.1 cm³/mol. The Morgan fingerprint density at radius 2 is 2.20 bits per heavy atom. The molecule has 20 heavy (non-hydrogen) atoms. The summed E-state index contributed by atoms with van der Waals surface area (Å²) < 4.78 is 0. The number of nitrogens with one attached hydrogen (secondary N) is 2. The molecule has 0 atom stereocenters. The lowest BCUT2D eigenvalue weighted by molar-refractivity contribution is 0.0953. The van der Waals surface area contributed by atoms with E-state index in [0.29, 0.717) is 29.4 Å². The maximum absolute atomic E-state index is 11.9. The van der Waals surface area contributed by atoms with Crippen LogP contribution in [0, 0.1) is 0 Å². The van der Waals surface area contributed by atoms with Crippen molar-refractivity contribution in [1.29, 1.82) is 0 Å². The molecule has 2 N–H and O–H groups in total. The number of hydrogen-bond acceptors (Lipinski definition) is 4. The van der Waals surface area contributed by atoms with Crippen LogP contribution >= 0.6 is 11.6 Å². The third-order valence-electron chi connectivity index (χ3n) is 2.73. The fourth-order valence-electron chi connectivity index (χ4n) is 1.70. The quantitative estimate of drug-likeness (QED) is 0.885. The molecule has 5 nitrogen and oxygen atoms in total. The molecule has 0 radical (unpaired) electrons. The highest BCUT2D eigenvalue weighted by Gasteiger charge is 2.08. The van der Waals surface area contributed by atoms with Crippen LogP contribution in [0.3, 0.4) is 0 Å². The summed E-state index contributed by atoms with van der Waals surface area (Å²) in [6.07, 6.45) is 3.91. The summed E-state index contributed by atoms with van der Waals surface area (Å²) in [5.41, 5.74) is 1.38. The fourth-order valence-corrected chi connectivity index (χ4v) is 1.96. The molecular formula is C14H15ClN4O. The summed E-state index contributed by atoms with van der Waals surface area (Å²) in [6.45, 7) is 0.515. The molecule has 0 aliphatic rings. The fraction of sp³-hybridized carbons (Fsp3) is 0.214. The molecule has 2 heterocycles. The maximum Gasteiger partial charge on any atom is 0.252 e. The Morgan fingerprint density at radius 1 is 1.35 bits per heavy atom. The zero-order valence-electron chi connectivity index (χ0n) is 11.1. The van der Waals surface area contributed by atoms with Gasteiger partial charge in [0.25, 0.3) is 5.91 Å². The van der Waals surface area contributed by atoms with Gasteiger partial charge >= 0.3 is 0 Å². The summed E-state index contributed by atoms with van der Waals surface area (Å²) in [7, 11) is 1.72. The van der Waals surface area contributed by atoms with Crippen molar-refractivity contribution in [2.24, 2.45) is 0 Å². The van der Waals surface area contributed by atoms with Crippen molar-refractivity contribution in [3.8, 4) is 0 Å². The summed E-state index contributed by atoms with van der Waals surface area (Å²) in [6, 6.07) is 7.30. The Balaban J connectivity index is 1.90. The topological polar surface area (TPSA) is 66.9 Å². The molecule has 2 aromatic heterocycles. The lowest BCUT2D eigenvalue weighted by Gasteiger charge is -2.07. The Bertz CT molecular complexity index is 589. The molecule has 2 rings (SSSR count). The zero-order chi connectivity index (χ0) is 14.4. The van der Waals surface area contributed by atoms with Crippen molar-refractivity contribution in [2.75, 3.05) is 18.9 Å². The van der Waals surface area contributed by atoms with E-state index in [9.17, 15) is 4.79 Å². The molecule has 0 bridgehead atoms. The molecule has 6 heteroatoms. The molecule has 0 spiro atoms. The molecule has 0 aromatic carbocycles. The molecule has 0 saturated heterocycles. The van der Waals surface area contributed by atoms with Crippen LogP contribution in [-0.2, 0) is 6.42 Å². The van der Waals surface area contributed by atoms with Crippen LogP contribution in [0.1, 0.15) is 16.1 Å². The number of carbonyl (C=O) groups is 1. The van der Waals surface area contributed by atoms with Crippen LogP contribution in [0.4, 0.5) is 5.82 Å². The molecular weight excluding hydrogens is 276 g/mol. The van der Waals surface area contributed by atoms with E-state index >= 15 is 0 Å². The van der Waals surface area contributed by atoms with Gasteiger partial charge in [-0.05, 0) is 18.2 Å². The van der Waals surface area contributed by atoms with E-state index in [4.69, 9.17) is 11.6 Å². The van der Waals surface area contributed by atoms with Crippen molar-refractivity contribution >= 4 is 23.3 Å². The number of anilines is 1. The van der Waals surface area contributed by atoms with Crippen molar-refractivity contribution in [1.82, 2.24) is 15.3 Å². The average Bonchev–Trinajstić information content (AvgIpc) is 2.48. The normalized spacial score (nSPS) is 10.1.